The molecule has 1 aromatic rings. The number of anilines is 1. The van der Waals surface area contributed by atoms with E-state index in [0.29, 0.717) is 16.2 Å². The van der Waals surface area contributed by atoms with Crippen LogP contribution in [0.25, 0.3) is 0 Å². The first-order chi connectivity index (χ1) is 9.78. The lowest BCUT2D eigenvalue weighted by atomic mass is 9.39. The molecule has 5 rings (SSSR count). The molecular formula is C18H29N3. The normalized spacial score (nSPS) is 44.5. The first-order valence-electron chi connectivity index (χ1n) is 8.60. The van der Waals surface area contributed by atoms with Crippen molar-refractivity contribution in [1.29, 1.82) is 0 Å². The van der Waals surface area contributed by atoms with Gasteiger partial charge in [0.1, 0.15) is 5.82 Å². The molecule has 1 aromatic heterocycles. The molecule has 0 amide bonds. The first kappa shape index (κ1) is 13.7. The number of aromatic nitrogens is 2. The minimum atomic E-state index is 0.309. The summed E-state index contributed by atoms with van der Waals surface area (Å²) >= 11 is 0. The SMILES string of the molecule is CCc1c(C23CC4CC(C)(CC(C)(C4)C2)C3)nn(C)c1N. The van der Waals surface area contributed by atoms with Gasteiger partial charge in [0.05, 0.1) is 5.69 Å². The van der Waals surface area contributed by atoms with Crippen LogP contribution in [-0.2, 0) is 18.9 Å². The van der Waals surface area contributed by atoms with E-state index in [4.69, 9.17) is 10.8 Å². The summed E-state index contributed by atoms with van der Waals surface area (Å²) in [5.74, 6) is 1.79. The quantitative estimate of drug-likeness (QED) is 0.899. The lowest BCUT2D eigenvalue weighted by Crippen LogP contribution is -2.57. The van der Waals surface area contributed by atoms with Gasteiger partial charge in [-0.3, -0.25) is 4.68 Å². The van der Waals surface area contributed by atoms with Gasteiger partial charge in [0, 0.05) is 18.0 Å². The Morgan fingerprint density at radius 2 is 1.76 bits per heavy atom. The fraction of sp³-hybridized carbons (Fsp3) is 0.833. The molecule has 4 fully saturated rings. The van der Waals surface area contributed by atoms with Crippen LogP contribution >= 0.6 is 0 Å². The first-order valence-corrected chi connectivity index (χ1v) is 8.60. The van der Waals surface area contributed by atoms with Crippen LogP contribution in [0.5, 0.6) is 0 Å². The molecular weight excluding hydrogens is 258 g/mol. The van der Waals surface area contributed by atoms with Crippen LogP contribution in [0.1, 0.15) is 70.6 Å². The van der Waals surface area contributed by atoms with Crippen molar-refractivity contribution in [2.24, 2.45) is 23.8 Å². The summed E-state index contributed by atoms with van der Waals surface area (Å²) in [7, 11) is 2.00. The summed E-state index contributed by atoms with van der Waals surface area (Å²) in [5, 5.41) is 4.92. The molecule has 3 heteroatoms. The molecule has 2 N–H and O–H groups in total. The van der Waals surface area contributed by atoms with Gasteiger partial charge in [-0.25, -0.2) is 0 Å². The van der Waals surface area contributed by atoms with E-state index in [-0.39, 0.29) is 0 Å². The number of hydrogen-bond acceptors (Lipinski definition) is 2. The summed E-state index contributed by atoms with van der Waals surface area (Å²) in [6, 6.07) is 0. The van der Waals surface area contributed by atoms with Gasteiger partial charge in [-0.05, 0) is 61.7 Å². The predicted octanol–water partition coefficient (Wildman–Crippen LogP) is 3.81. The largest absolute Gasteiger partial charge is 0.384 e. The molecule has 2 atom stereocenters. The van der Waals surface area contributed by atoms with Gasteiger partial charge in [-0.15, -0.1) is 0 Å². The van der Waals surface area contributed by atoms with Crippen molar-refractivity contribution in [3.8, 4) is 0 Å². The summed E-state index contributed by atoms with van der Waals surface area (Å²) in [6.45, 7) is 7.28. The number of nitrogen functional groups attached to an aromatic ring is 1. The van der Waals surface area contributed by atoms with E-state index in [1.807, 2.05) is 11.7 Å². The lowest BCUT2D eigenvalue weighted by Gasteiger charge is -2.65. The zero-order valence-electron chi connectivity index (χ0n) is 14.0. The molecule has 116 valence electrons. The standard InChI is InChI=1S/C18H29N3/c1-5-13-14(20-21(4)15(13)19)18-8-12-6-16(2,10-18)9-17(3,7-12)11-18/h12H,5-11,19H2,1-4H3. The number of nitrogens with zero attached hydrogens (tertiary/aromatic N) is 2. The molecule has 2 unspecified atom stereocenters. The van der Waals surface area contributed by atoms with Crippen LogP contribution in [0, 0.1) is 16.7 Å². The van der Waals surface area contributed by atoms with E-state index in [0.717, 1.165) is 18.2 Å². The highest BCUT2D eigenvalue weighted by molar-refractivity contribution is 5.47. The molecule has 4 saturated carbocycles. The average molecular weight is 287 g/mol. The molecule has 1 heterocycles. The molecule has 21 heavy (non-hydrogen) atoms. The maximum Gasteiger partial charge on any atom is 0.124 e. The third-order valence-electron chi connectivity index (χ3n) is 6.68. The van der Waals surface area contributed by atoms with Crippen molar-refractivity contribution in [3.63, 3.8) is 0 Å². The number of hydrogen-bond donors (Lipinski definition) is 1. The van der Waals surface area contributed by atoms with Gasteiger partial charge in [0.2, 0.25) is 0 Å². The highest BCUT2D eigenvalue weighted by Crippen LogP contribution is 2.70. The Morgan fingerprint density at radius 1 is 1.14 bits per heavy atom. The third-order valence-corrected chi connectivity index (χ3v) is 6.68. The maximum atomic E-state index is 6.30. The Bertz CT molecular complexity index is 582. The van der Waals surface area contributed by atoms with Gasteiger partial charge in [-0.2, -0.15) is 5.10 Å². The second-order valence-electron chi connectivity index (χ2n) is 9.10. The number of rotatable bonds is 2. The molecule has 0 radical (unpaired) electrons. The molecule has 0 spiro atoms. The highest BCUT2D eigenvalue weighted by atomic mass is 15.3. The molecule has 0 aliphatic heterocycles. The van der Waals surface area contributed by atoms with Crippen molar-refractivity contribution < 1.29 is 0 Å². The minimum absolute atomic E-state index is 0.309. The van der Waals surface area contributed by atoms with Gasteiger partial charge in [0.25, 0.3) is 0 Å². The topological polar surface area (TPSA) is 43.8 Å². The van der Waals surface area contributed by atoms with Crippen LogP contribution < -0.4 is 5.73 Å². The second kappa shape index (κ2) is 3.85. The smallest absolute Gasteiger partial charge is 0.124 e. The Kier molecular flexibility index (Phi) is 2.51. The average Bonchev–Trinajstić information content (AvgIpc) is 2.61. The van der Waals surface area contributed by atoms with Crippen molar-refractivity contribution in [1.82, 2.24) is 9.78 Å². The van der Waals surface area contributed by atoms with Gasteiger partial charge in [0.15, 0.2) is 0 Å². The zero-order chi connectivity index (χ0) is 15.0. The monoisotopic (exact) mass is 287 g/mol. The molecule has 0 aromatic carbocycles. The third kappa shape index (κ3) is 1.75. The van der Waals surface area contributed by atoms with Crippen molar-refractivity contribution in [2.75, 3.05) is 5.73 Å². The summed E-state index contributed by atoms with van der Waals surface area (Å²) in [5.41, 5.74) is 10.4. The van der Waals surface area contributed by atoms with Gasteiger partial charge in [-0.1, -0.05) is 20.8 Å². The van der Waals surface area contributed by atoms with Crippen LogP contribution in [0.2, 0.25) is 0 Å². The minimum Gasteiger partial charge on any atom is -0.384 e. The Balaban J connectivity index is 1.86. The predicted molar refractivity (Wildman–Crippen MR) is 86.1 cm³/mol. The highest BCUT2D eigenvalue weighted by Gasteiger charge is 2.61. The fourth-order valence-electron chi connectivity index (χ4n) is 7.07. The lowest BCUT2D eigenvalue weighted by molar-refractivity contribution is -0.111. The second-order valence-corrected chi connectivity index (χ2v) is 9.10. The fourth-order valence-corrected chi connectivity index (χ4v) is 7.07. The van der Waals surface area contributed by atoms with E-state index in [9.17, 15) is 0 Å². The van der Waals surface area contributed by atoms with E-state index in [2.05, 4.69) is 20.8 Å². The van der Waals surface area contributed by atoms with Crippen LogP contribution in [0.3, 0.4) is 0 Å². The van der Waals surface area contributed by atoms with Crippen molar-refractivity contribution >= 4 is 5.82 Å². The van der Waals surface area contributed by atoms with Crippen molar-refractivity contribution in [3.05, 3.63) is 11.3 Å². The molecule has 0 saturated heterocycles. The van der Waals surface area contributed by atoms with E-state index < -0.39 is 0 Å². The Hall–Kier alpha value is -0.990. The molecule has 4 aliphatic carbocycles. The van der Waals surface area contributed by atoms with Crippen LogP contribution in [-0.4, -0.2) is 9.78 Å². The number of aryl methyl sites for hydroxylation is 1. The number of nitrogens with two attached hydrogens (primary N) is 1. The van der Waals surface area contributed by atoms with E-state index in [1.165, 1.54) is 49.8 Å². The molecule has 4 bridgehead atoms. The van der Waals surface area contributed by atoms with Gasteiger partial charge < -0.3 is 5.73 Å². The Labute approximate surface area is 128 Å². The van der Waals surface area contributed by atoms with Crippen LogP contribution in [0.4, 0.5) is 5.82 Å². The van der Waals surface area contributed by atoms with Crippen molar-refractivity contribution in [2.45, 2.75) is 71.1 Å². The molecule has 3 nitrogen and oxygen atoms in total. The summed E-state index contributed by atoms with van der Waals surface area (Å²) in [6.07, 6.45) is 9.31. The summed E-state index contributed by atoms with van der Waals surface area (Å²) < 4.78 is 1.91. The van der Waals surface area contributed by atoms with E-state index >= 15 is 0 Å². The Morgan fingerprint density at radius 3 is 2.29 bits per heavy atom. The summed E-state index contributed by atoms with van der Waals surface area (Å²) in [4.78, 5) is 0. The van der Waals surface area contributed by atoms with Gasteiger partial charge >= 0.3 is 0 Å². The van der Waals surface area contributed by atoms with Crippen LogP contribution in [0.15, 0.2) is 0 Å². The molecule has 4 aliphatic rings. The van der Waals surface area contributed by atoms with E-state index in [1.54, 1.807) is 0 Å². The zero-order valence-corrected chi connectivity index (χ0v) is 14.0. The maximum absolute atomic E-state index is 6.30.